The van der Waals surface area contributed by atoms with Gasteiger partial charge >= 0.3 is 29.8 Å². The topological polar surface area (TPSA) is 664 Å². The maximum absolute atomic E-state index is 14.7. The molecule has 1 saturated heterocycles. The Balaban J connectivity index is 4.02. The second kappa shape index (κ2) is 43.5. The first-order valence-corrected chi connectivity index (χ1v) is 32.4. The van der Waals surface area contributed by atoms with Crippen LogP contribution in [-0.4, -0.2) is 275 Å². The van der Waals surface area contributed by atoms with Crippen molar-refractivity contribution in [3.05, 3.63) is 0 Å². The van der Waals surface area contributed by atoms with Gasteiger partial charge in [0.2, 0.25) is 70.1 Å². The first kappa shape index (κ1) is 87.2. The van der Waals surface area contributed by atoms with E-state index in [1.807, 2.05) is 0 Å². The van der Waals surface area contributed by atoms with Crippen LogP contribution in [0.4, 0.5) is 0 Å². The van der Waals surface area contributed by atoms with Gasteiger partial charge in [-0.2, -0.15) is 8.42 Å². The van der Waals surface area contributed by atoms with E-state index in [1.165, 1.54) is 0 Å². The first-order chi connectivity index (χ1) is 45.7. The van der Waals surface area contributed by atoms with Gasteiger partial charge < -0.3 is 114 Å². The molecule has 0 radical (unpaired) electrons. The van der Waals surface area contributed by atoms with Crippen molar-refractivity contribution in [2.45, 2.75) is 178 Å². The van der Waals surface area contributed by atoms with Crippen molar-refractivity contribution in [3.8, 4) is 0 Å². The molecule has 98 heavy (non-hydrogen) atoms. The molecule has 42 nitrogen and oxygen atoms in total. The number of nitrogens with one attached hydrogen (secondary N) is 10. The highest BCUT2D eigenvalue weighted by Gasteiger charge is 2.52. The molecule has 1 rings (SSSR count). The van der Waals surface area contributed by atoms with E-state index in [2.05, 4.69) is 53.2 Å². The van der Waals surface area contributed by atoms with E-state index < -0.39 is 291 Å². The molecule has 554 valence electrons. The van der Waals surface area contributed by atoms with Crippen molar-refractivity contribution in [1.29, 1.82) is 0 Å². The summed E-state index contributed by atoms with van der Waals surface area (Å²) in [5, 5.41) is 70.5. The average molecular weight is 1450 g/mol. The van der Waals surface area contributed by atoms with Gasteiger partial charge in [-0.3, -0.25) is 86.1 Å². The quantitative estimate of drug-likeness (QED) is 0.0153. The molecule has 11 amide bonds. The second-order valence-electron chi connectivity index (χ2n) is 22.0. The number of esters is 3. The Labute approximate surface area is 563 Å². The summed E-state index contributed by atoms with van der Waals surface area (Å²) in [5.41, 5.74) is 10.5. The minimum Gasteiger partial charge on any atom is -0.481 e. The number of aliphatic carboxylic acids is 2. The highest BCUT2D eigenvalue weighted by molar-refractivity contribution is 8.14. The smallest absolute Gasteiger partial charge is 0.303 e. The van der Waals surface area contributed by atoms with Crippen LogP contribution in [0.1, 0.15) is 93.4 Å². The third-order valence-corrected chi connectivity index (χ3v) is 15.2. The minimum atomic E-state index is -4.50. The Bertz CT molecular complexity index is 2980. The molecule has 1 aliphatic rings. The number of thioether (sulfide) groups is 1. The number of aliphatic hydroxyl groups excluding tert-OH is 3. The van der Waals surface area contributed by atoms with Gasteiger partial charge in [0.25, 0.3) is 10.1 Å². The van der Waals surface area contributed by atoms with Crippen LogP contribution in [0.25, 0.3) is 0 Å². The molecule has 0 spiro atoms. The molecular weight excluding hydrogens is 1360 g/mol. The molecule has 0 aliphatic carbocycles. The summed E-state index contributed by atoms with van der Waals surface area (Å²) in [6, 6.07) is -17.4. The Kier molecular flexibility index (Phi) is 38.7. The lowest BCUT2D eigenvalue weighted by Gasteiger charge is -2.46. The van der Waals surface area contributed by atoms with Crippen molar-refractivity contribution >= 4 is 122 Å². The fourth-order valence-electron chi connectivity index (χ4n) is 8.73. The van der Waals surface area contributed by atoms with Gasteiger partial charge in [0, 0.05) is 52.7 Å². The molecule has 1 heterocycles. The van der Waals surface area contributed by atoms with Gasteiger partial charge in [0.1, 0.15) is 67.1 Å². The van der Waals surface area contributed by atoms with E-state index in [-0.39, 0.29) is 6.42 Å². The molecule has 20 N–H and O–H groups in total. The molecular formula is C54H86N12O30S2. The zero-order valence-electron chi connectivity index (χ0n) is 54.2. The van der Waals surface area contributed by atoms with E-state index in [4.69, 9.17) is 39.7 Å². The number of hydrogen-bond donors (Lipinski definition) is 18. The SMILES string of the molecule is CC(=O)N[C@H]1[C@@H](O[C@H](C)[C@H](NC(=O)[C@H](CCC(=O)O)NC(=O)[C@H](CCC(=O)O)NC(=O)[C@H](CC(C)C)NC(=O)[C@H](CCC(N)=O)NC(=O)[C@H](CO)NC(=O)[C@H](CO)NC(=O)CN)C(=O)N[C@@H](CO)C(=O)NCC(=O)SCCS(=O)(=O)O)O[C@H](COC(C)=O)[C@H](OC(C)=O)[C@@H]1OC(C)=O. The third-order valence-electron chi connectivity index (χ3n) is 13.3. The number of rotatable bonds is 44. The Morgan fingerprint density at radius 2 is 0.990 bits per heavy atom. The van der Waals surface area contributed by atoms with Crippen molar-refractivity contribution in [2.24, 2.45) is 17.4 Å². The van der Waals surface area contributed by atoms with Gasteiger partial charge in [-0.05, 0) is 38.5 Å². The lowest BCUT2D eigenvalue weighted by Crippen LogP contribution is -2.68. The van der Waals surface area contributed by atoms with E-state index in [1.54, 1.807) is 13.8 Å². The van der Waals surface area contributed by atoms with E-state index >= 15 is 0 Å². The number of amides is 11. The minimum absolute atomic E-state index is 0.307. The van der Waals surface area contributed by atoms with Crippen LogP contribution >= 0.6 is 11.8 Å². The molecule has 14 atom stereocenters. The van der Waals surface area contributed by atoms with Crippen LogP contribution in [0.15, 0.2) is 0 Å². The Hall–Kier alpha value is -8.79. The fraction of sp³-hybridized carbons (Fsp3) is 0.685. The molecule has 0 aromatic heterocycles. The molecule has 1 aliphatic heterocycles. The Morgan fingerprint density at radius 1 is 0.561 bits per heavy atom. The predicted octanol–water partition coefficient (Wildman–Crippen LogP) is -9.83. The van der Waals surface area contributed by atoms with Gasteiger partial charge in [0.05, 0.1) is 44.8 Å². The van der Waals surface area contributed by atoms with E-state index in [9.17, 15) is 115 Å². The number of hydrogen-bond acceptors (Lipinski definition) is 29. The maximum Gasteiger partial charge on any atom is 0.303 e. The molecule has 44 heteroatoms. The summed E-state index contributed by atoms with van der Waals surface area (Å²) in [7, 11) is -4.50. The van der Waals surface area contributed by atoms with Gasteiger partial charge in [0.15, 0.2) is 18.5 Å². The summed E-state index contributed by atoms with van der Waals surface area (Å²) in [4.78, 5) is 222. The molecule has 0 bridgehead atoms. The number of nitrogens with two attached hydrogens (primary N) is 2. The zero-order valence-corrected chi connectivity index (χ0v) is 55.9. The van der Waals surface area contributed by atoms with Crippen LogP contribution in [-0.2, 0) is 115 Å². The normalized spacial score (nSPS) is 18.6. The predicted molar refractivity (Wildman–Crippen MR) is 329 cm³/mol. The number of carboxylic acid groups (broad SMARTS) is 2. The summed E-state index contributed by atoms with van der Waals surface area (Å²) in [6.45, 7) is 2.22. The second-order valence-corrected chi connectivity index (χ2v) is 24.7. The number of carboxylic acids is 2. The molecule has 0 saturated carbocycles. The van der Waals surface area contributed by atoms with Crippen LogP contribution in [0, 0.1) is 5.92 Å². The molecule has 1 fully saturated rings. The number of carbonyl (C=O) groups excluding carboxylic acids is 15. The van der Waals surface area contributed by atoms with Gasteiger partial charge in [-0.1, -0.05) is 25.6 Å². The lowest BCUT2D eigenvalue weighted by atomic mass is 9.95. The maximum atomic E-state index is 14.7. The summed E-state index contributed by atoms with van der Waals surface area (Å²) in [5.74, 6) is -21.5. The van der Waals surface area contributed by atoms with Gasteiger partial charge in [-0.25, -0.2) is 0 Å². The van der Waals surface area contributed by atoms with E-state index in [0.29, 0.717) is 11.8 Å². The number of primary amides is 1. The Morgan fingerprint density at radius 3 is 1.43 bits per heavy atom. The van der Waals surface area contributed by atoms with Crippen molar-refractivity contribution in [1.82, 2.24) is 53.2 Å². The zero-order chi connectivity index (χ0) is 74.9. The number of aliphatic hydroxyl groups is 3. The lowest BCUT2D eigenvalue weighted by molar-refractivity contribution is -0.287. The number of carbonyl (C=O) groups is 17. The van der Waals surface area contributed by atoms with Gasteiger partial charge in [-0.15, -0.1) is 0 Å². The third kappa shape index (κ3) is 33.4. The highest BCUT2D eigenvalue weighted by atomic mass is 32.2. The van der Waals surface area contributed by atoms with Crippen LogP contribution < -0.4 is 64.6 Å². The van der Waals surface area contributed by atoms with Crippen LogP contribution in [0.5, 0.6) is 0 Å². The fourth-order valence-corrected chi connectivity index (χ4v) is 10.3. The molecule has 0 aromatic carbocycles. The molecule has 0 unspecified atom stereocenters. The number of ether oxygens (including phenoxy) is 5. The van der Waals surface area contributed by atoms with E-state index in [0.717, 1.165) is 34.6 Å². The largest absolute Gasteiger partial charge is 0.481 e. The first-order valence-electron chi connectivity index (χ1n) is 29.8. The van der Waals surface area contributed by atoms with Crippen LogP contribution in [0.2, 0.25) is 0 Å². The van der Waals surface area contributed by atoms with Crippen LogP contribution in [0.3, 0.4) is 0 Å². The summed E-state index contributed by atoms with van der Waals surface area (Å²) >= 11 is 0.357. The summed E-state index contributed by atoms with van der Waals surface area (Å²) in [6.07, 6.45) is -14.2. The van der Waals surface area contributed by atoms with Crippen molar-refractivity contribution in [2.75, 3.05) is 51.0 Å². The standard InChI is InChI=1S/C54H86N12O30S2/c1-23(2)16-32(63-48(83)29(8-11-37(56)74)62-52(87)35(21-69)64-51(86)34(20-68)59-38(75)17-55)50(85)61-30(9-12-39(76)77)47(82)60-31(10-13-40(78)79)49(84)66-42(53(88)65-33(19-67)46(81)57-18-41(80)97-14-15-98(89,90)91)24(3)93-54-43(58-25(4)70)45(95-28(7)73)44(94-27(6)72)36(96-54)22-92-26(5)71/h23-24,29-36,42-45,54,67-69H,8-22,55H2,1-7H3,(H2,56,74)(H,57,81)(H,58,70)(H,59,75)(H,60,82)(H,61,85)(H,62,87)(H,63,83)(H,64,86)(H,65,88)(H,66,84)(H,76,77)(H,78,79)(H,89,90,91)/t24-,29+,30+,31+,32+,33+,34+,35+,36-,42+,43-,44+,45-,54+/m1/s1. The average Bonchev–Trinajstić information content (AvgIpc) is 0.781. The van der Waals surface area contributed by atoms with Crippen molar-refractivity contribution < 1.29 is 144 Å². The van der Waals surface area contributed by atoms with Crippen molar-refractivity contribution in [3.63, 3.8) is 0 Å². The summed E-state index contributed by atoms with van der Waals surface area (Å²) < 4.78 is 59.4. The monoisotopic (exact) mass is 1450 g/mol. The highest BCUT2D eigenvalue weighted by Crippen LogP contribution is 2.29. The molecule has 0 aromatic rings.